The minimum absolute atomic E-state index is 0.136. The molecule has 102 valence electrons. The smallest absolute Gasteiger partial charge is 0.307 e. The highest BCUT2D eigenvalue weighted by atomic mass is 16.5. The van der Waals surface area contributed by atoms with Crippen molar-refractivity contribution in [3.63, 3.8) is 0 Å². The average Bonchev–Trinajstić information content (AvgIpc) is 2.39. The van der Waals surface area contributed by atoms with Crippen LogP contribution in [-0.2, 0) is 14.3 Å². The number of fused-ring (bicyclic) bond motifs is 1. The van der Waals surface area contributed by atoms with E-state index in [0.717, 1.165) is 0 Å². The van der Waals surface area contributed by atoms with Crippen LogP contribution in [0.3, 0.4) is 0 Å². The van der Waals surface area contributed by atoms with Crippen LogP contribution in [0.5, 0.6) is 5.75 Å². The number of hydrogen-bond acceptors (Lipinski definition) is 4. The lowest BCUT2D eigenvalue weighted by molar-refractivity contribution is -0.142. The molecule has 19 heavy (non-hydrogen) atoms. The Hall–Kier alpha value is -2.04. The summed E-state index contributed by atoms with van der Waals surface area (Å²) < 4.78 is 10.4. The first-order valence-electron chi connectivity index (χ1n) is 6.36. The third kappa shape index (κ3) is 2.86. The SMILES string of the molecule is CCOC(=O)CCN1C(=O)C(C)Oc2ccccc21. The largest absolute Gasteiger partial charge is 0.479 e. The standard InChI is InChI=1S/C14H17NO4/c1-3-18-13(16)8-9-15-11-6-4-5-7-12(11)19-10(2)14(15)17/h4-7,10H,3,8-9H2,1-2H3. The molecule has 2 rings (SSSR count). The van der Waals surface area contributed by atoms with Gasteiger partial charge < -0.3 is 14.4 Å². The number of amides is 1. The number of carbonyl (C=O) groups excluding carboxylic acids is 2. The molecule has 0 saturated carbocycles. The maximum atomic E-state index is 12.1. The van der Waals surface area contributed by atoms with Crippen molar-refractivity contribution in [1.29, 1.82) is 0 Å². The van der Waals surface area contributed by atoms with E-state index in [1.807, 2.05) is 24.3 Å². The Morgan fingerprint density at radius 3 is 2.89 bits per heavy atom. The molecule has 1 aromatic rings. The van der Waals surface area contributed by atoms with E-state index in [2.05, 4.69) is 0 Å². The van der Waals surface area contributed by atoms with Gasteiger partial charge in [0.1, 0.15) is 5.75 Å². The molecular formula is C14H17NO4. The Balaban J connectivity index is 2.14. The van der Waals surface area contributed by atoms with Crippen LogP contribution in [0.25, 0.3) is 0 Å². The van der Waals surface area contributed by atoms with E-state index in [0.29, 0.717) is 24.6 Å². The number of para-hydroxylation sites is 2. The normalized spacial score (nSPS) is 17.7. The number of nitrogens with zero attached hydrogens (tertiary/aromatic N) is 1. The number of esters is 1. The number of anilines is 1. The van der Waals surface area contributed by atoms with E-state index in [4.69, 9.17) is 9.47 Å². The van der Waals surface area contributed by atoms with Gasteiger partial charge in [-0.2, -0.15) is 0 Å². The van der Waals surface area contributed by atoms with Gasteiger partial charge in [-0.25, -0.2) is 0 Å². The summed E-state index contributed by atoms with van der Waals surface area (Å²) in [5, 5.41) is 0. The van der Waals surface area contributed by atoms with Crippen molar-refractivity contribution in [3.8, 4) is 5.75 Å². The maximum absolute atomic E-state index is 12.1. The zero-order valence-corrected chi connectivity index (χ0v) is 11.1. The Labute approximate surface area is 112 Å². The van der Waals surface area contributed by atoms with Crippen molar-refractivity contribution >= 4 is 17.6 Å². The topological polar surface area (TPSA) is 55.8 Å². The minimum atomic E-state index is -0.530. The first-order chi connectivity index (χ1) is 9.13. The molecule has 0 aromatic heterocycles. The summed E-state index contributed by atoms with van der Waals surface area (Å²) in [4.78, 5) is 25.1. The fraction of sp³-hybridized carbons (Fsp3) is 0.429. The van der Waals surface area contributed by atoms with E-state index in [1.165, 1.54) is 0 Å². The number of benzene rings is 1. The lowest BCUT2D eigenvalue weighted by Crippen LogP contribution is -2.45. The van der Waals surface area contributed by atoms with Crippen LogP contribution >= 0.6 is 0 Å². The minimum Gasteiger partial charge on any atom is -0.479 e. The second kappa shape index (κ2) is 5.73. The van der Waals surface area contributed by atoms with Crippen molar-refractivity contribution in [1.82, 2.24) is 0 Å². The molecule has 1 aromatic carbocycles. The average molecular weight is 263 g/mol. The van der Waals surface area contributed by atoms with Crippen molar-refractivity contribution in [2.75, 3.05) is 18.1 Å². The van der Waals surface area contributed by atoms with Crippen molar-refractivity contribution in [2.45, 2.75) is 26.4 Å². The Morgan fingerprint density at radius 2 is 2.16 bits per heavy atom. The molecule has 1 aliphatic heterocycles. The summed E-state index contributed by atoms with van der Waals surface area (Å²) in [6, 6.07) is 7.31. The monoisotopic (exact) mass is 263 g/mol. The third-order valence-corrected chi connectivity index (χ3v) is 2.92. The van der Waals surface area contributed by atoms with Crippen LogP contribution < -0.4 is 9.64 Å². The molecule has 0 aliphatic carbocycles. The first kappa shape index (κ1) is 13.4. The summed E-state index contributed by atoms with van der Waals surface area (Å²) in [6.45, 7) is 4.12. The van der Waals surface area contributed by atoms with Gasteiger partial charge in [0.05, 0.1) is 18.7 Å². The van der Waals surface area contributed by atoms with E-state index in [1.54, 1.807) is 18.7 Å². The summed E-state index contributed by atoms with van der Waals surface area (Å²) in [7, 11) is 0. The summed E-state index contributed by atoms with van der Waals surface area (Å²) in [6.07, 6.45) is -0.349. The Bertz CT molecular complexity index is 486. The number of carbonyl (C=O) groups is 2. The zero-order chi connectivity index (χ0) is 13.8. The lowest BCUT2D eigenvalue weighted by Gasteiger charge is -2.32. The molecule has 1 heterocycles. The summed E-state index contributed by atoms with van der Waals surface area (Å²) >= 11 is 0. The highest BCUT2D eigenvalue weighted by Gasteiger charge is 2.31. The van der Waals surface area contributed by atoms with E-state index in [9.17, 15) is 9.59 Å². The van der Waals surface area contributed by atoms with Crippen LogP contribution in [0.15, 0.2) is 24.3 Å². The number of hydrogen-bond donors (Lipinski definition) is 0. The van der Waals surface area contributed by atoms with Gasteiger partial charge in [-0.3, -0.25) is 9.59 Å². The quantitative estimate of drug-likeness (QED) is 0.777. The first-order valence-corrected chi connectivity index (χ1v) is 6.36. The summed E-state index contributed by atoms with van der Waals surface area (Å²) in [5.41, 5.74) is 0.704. The van der Waals surface area contributed by atoms with Gasteiger partial charge >= 0.3 is 5.97 Å². The van der Waals surface area contributed by atoms with Gasteiger partial charge in [-0.15, -0.1) is 0 Å². The molecule has 1 atom stereocenters. The molecule has 1 amide bonds. The van der Waals surface area contributed by atoms with Crippen molar-refractivity contribution < 1.29 is 19.1 Å². The highest BCUT2D eigenvalue weighted by molar-refractivity contribution is 6.00. The molecule has 0 spiro atoms. The molecule has 0 radical (unpaired) electrons. The van der Waals surface area contributed by atoms with Gasteiger partial charge in [0.2, 0.25) is 0 Å². The lowest BCUT2D eigenvalue weighted by atomic mass is 10.2. The predicted molar refractivity (Wildman–Crippen MR) is 70.1 cm³/mol. The van der Waals surface area contributed by atoms with Gasteiger partial charge in [0.15, 0.2) is 6.10 Å². The van der Waals surface area contributed by atoms with Crippen LogP contribution in [0, 0.1) is 0 Å². The molecule has 1 unspecified atom stereocenters. The fourth-order valence-electron chi connectivity index (χ4n) is 2.03. The molecule has 0 N–H and O–H groups in total. The molecule has 5 nitrogen and oxygen atoms in total. The van der Waals surface area contributed by atoms with Crippen molar-refractivity contribution in [2.24, 2.45) is 0 Å². The Morgan fingerprint density at radius 1 is 1.42 bits per heavy atom. The molecule has 0 bridgehead atoms. The van der Waals surface area contributed by atoms with E-state index < -0.39 is 6.10 Å². The second-order valence-corrected chi connectivity index (χ2v) is 4.27. The van der Waals surface area contributed by atoms with Crippen LogP contribution in [0.1, 0.15) is 20.3 Å². The molecule has 0 saturated heterocycles. The fourth-order valence-corrected chi connectivity index (χ4v) is 2.03. The number of rotatable bonds is 4. The highest BCUT2D eigenvalue weighted by Crippen LogP contribution is 2.33. The third-order valence-electron chi connectivity index (χ3n) is 2.92. The molecule has 0 fully saturated rings. The van der Waals surface area contributed by atoms with Crippen LogP contribution in [0.2, 0.25) is 0 Å². The van der Waals surface area contributed by atoms with Gasteiger partial charge in [-0.05, 0) is 26.0 Å². The Kier molecular flexibility index (Phi) is 4.04. The molecule has 5 heteroatoms. The van der Waals surface area contributed by atoms with Crippen LogP contribution in [0.4, 0.5) is 5.69 Å². The van der Waals surface area contributed by atoms with Crippen LogP contribution in [-0.4, -0.2) is 31.1 Å². The summed E-state index contributed by atoms with van der Waals surface area (Å²) in [5.74, 6) is 0.230. The van der Waals surface area contributed by atoms with Gasteiger partial charge in [-0.1, -0.05) is 12.1 Å². The number of ether oxygens (including phenoxy) is 2. The van der Waals surface area contributed by atoms with Gasteiger partial charge in [0.25, 0.3) is 5.91 Å². The molecule has 1 aliphatic rings. The second-order valence-electron chi connectivity index (χ2n) is 4.27. The maximum Gasteiger partial charge on any atom is 0.307 e. The molecular weight excluding hydrogens is 246 g/mol. The van der Waals surface area contributed by atoms with Crippen molar-refractivity contribution in [3.05, 3.63) is 24.3 Å². The predicted octanol–water partition coefficient (Wildman–Crippen LogP) is 1.75. The zero-order valence-electron chi connectivity index (χ0n) is 11.1. The van der Waals surface area contributed by atoms with E-state index in [-0.39, 0.29) is 18.3 Å². The van der Waals surface area contributed by atoms with Gasteiger partial charge in [0, 0.05) is 6.54 Å². The van der Waals surface area contributed by atoms with E-state index >= 15 is 0 Å².